The number of piperidine rings is 1. The van der Waals surface area contributed by atoms with Gasteiger partial charge in [-0.1, -0.05) is 29.8 Å². The maximum atomic E-state index is 6.02. The van der Waals surface area contributed by atoms with Crippen LogP contribution in [-0.4, -0.2) is 41.0 Å². The van der Waals surface area contributed by atoms with E-state index in [0.29, 0.717) is 11.9 Å². The van der Waals surface area contributed by atoms with Gasteiger partial charge >= 0.3 is 0 Å². The Morgan fingerprint density at radius 2 is 1.88 bits per heavy atom. The smallest absolute Gasteiger partial charge is 0.227 e. The lowest BCUT2D eigenvalue weighted by Gasteiger charge is -2.37. The first-order valence-electron chi connectivity index (χ1n) is 9.05. The predicted molar refractivity (Wildman–Crippen MR) is 104 cm³/mol. The van der Waals surface area contributed by atoms with E-state index in [4.69, 9.17) is 5.73 Å². The number of likely N-dealkylation sites (tertiary alicyclic amines) is 1. The first-order chi connectivity index (χ1) is 11.9. The standard InChI is InChI=1S/C20H29N5/c1-14-6-5-7-17(12-14)13-25-10-8-18(9-11-25)24(4)20-22-16(3)15(2)19(21)23-20/h5-7,12,18H,8-11,13H2,1-4H3,(H2,21,22,23). The van der Waals surface area contributed by atoms with Crippen molar-refractivity contribution in [1.82, 2.24) is 14.9 Å². The molecular formula is C20H29N5. The zero-order valence-electron chi connectivity index (χ0n) is 15.8. The summed E-state index contributed by atoms with van der Waals surface area (Å²) in [6, 6.07) is 9.27. The molecule has 0 bridgehead atoms. The van der Waals surface area contributed by atoms with Crippen LogP contribution < -0.4 is 10.6 Å². The molecule has 2 N–H and O–H groups in total. The zero-order valence-corrected chi connectivity index (χ0v) is 15.8. The second-order valence-electron chi connectivity index (χ2n) is 7.23. The molecule has 1 saturated heterocycles. The van der Waals surface area contributed by atoms with E-state index in [-0.39, 0.29) is 0 Å². The minimum Gasteiger partial charge on any atom is -0.383 e. The third-order valence-electron chi connectivity index (χ3n) is 5.32. The van der Waals surface area contributed by atoms with E-state index < -0.39 is 0 Å². The summed E-state index contributed by atoms with van der Waals surface area (Å²) >= 11 is 0. The molecule has 134 valence electrons. The lowest BCUT2D eigenvalue weighted by Crippen LogP contribution is -2.43. The van der Waals surface area contributed by atoms with E-state index in [9.17, 15) is 0 Å². The van der Waals surface area contributed by atoms with Gasteiger partial charge in [-0.05, 0) is 39.2 Å². The second-order valence-corrected chi connectivity index (χ2v) is 7.23. The largest absolute Gasteiger partial charge is 0.383 e. The Labute approximate surface area is 150 Å². The number of hydrogen-bond acceptors (Lipinski definition) is 5. The van der Waals surface area contributed by atoms with E-state index in [1.54, 1.807) is 0 Å². The Balaban J connectivity index is 1.60. The van der Waals surface area contributed by atoms with Crippen molar-refractivity contribution in [2.75, 3.05) is 30.8 Å². The van der Waals surface area contributed by atoms with Crippen LogP contribution >= 0.6 is 0 Å². The average Bonchev–Trinajstić information content (AvgIpc) is 2.59. The number of nitrogens with two attached hydrogens (primary N) is 1. The van der Waals surface area contributed by atoms with Crippen molar-refractivity contribution in [2.45, 2.75) is 46.2 Å². The van der Waals surface area contributed by atoms with Crippen molar-refractivity contribution in [3.63, 3.8) is 0 Å². The molecule has 0 radical (unpaired) electrons. The second kappa shape index (κ2) is 7.40. The predicted octanol–water partition coefficient (Wildman–Crippen LogP) is 3.08. The highest BCUT2D eigenvalue weighted by molar-refractivity contribution is 5.47. The molecule has 1 aliphatic heterocycles. The van der Waals surface area contributed by atoms with Gasteiger partial charge in [-0.2, -0.15) is 4.98 Å². The minimum absolute atomic E-state index is 0.468. The summed E-state index contributed by atoms with van der Waals surface area (Å²) in [5.74, 6) is 1.34. The van der Waals surface area contributed by atoms with Gasteiger partial charge in [0.15, 0.2) is 0 Å². The van der Waals surface area contributed by atoms with Crippen LogP contribution in [0.2, 0.25) is 0 Å². The zero-order chi connectivity index (χ0) is 18.0. The molecule has 2 aromatic rings. The molecule has 25 heavy (non-hydrogen) atoms. The summed E-state index contributed by atoms with van der Waals surface area (Å²) in [6.07, 6.45) is 2.25. The van der Waals surface area contributed by atoms with Crippen molar-refractivity contribution in [2.24, 2.45) is 0 Å². The number of aromatic nitrogens is 2. The number of anilines is 2. The highest BCUT2D eigenvalue weighted by atomic mass is 15.3. The molecule has 5 nitrogen and oxygen atoms in total. The maximum absolute atomic E-state index is 6.02. The molecule has 1 aromatic heterocycles. The molecule has 3 rings (SSSR count). The third kappa shape index (κ3) is 4.10. The van der Waals surface area contributed by atoms with Crippen LogP contribution in [-0.2, 0) is 6.54 Å². The quantitative estimate of drug-likeness (QED) is 0.927. The minimum atomic E-state index is 0.468. The summed E-state index contributed by atoms with van der Waals surface area (Å²) in [5, 5.41) is 0. The summed E-state index contributed by atoms with van der Waals surface area (Å²) in [4.78, 5) is 13.8. The Morgan fingerprint density at radius 3 is 2.52 bits per heavy atom. The van der Waals surface area contributed by atoms with Gasteiger partial charge in [0.1, 0.15) is 5.82 Å². The van der Waals surface area contributed by atoms with Gasteiger partial charge in [-0.15, -0.1) is 0 Å². The SMILES string of the molecule is Cc1cccc(CN2CCC(N(C)c3nc(C)c(C)c(N)n3)CC2)c1. The molecule has 0 aliphatic carbocycles. The van der Waals surface area contributed by atoms with Crippen LogP contribution in [0.25, 0.3) is 0 Å². The van der Waals surface area contributed by atoms with Crippen molar-refractivity contribution < 1.29 is 0 Å². The average molecular weight is 339 g/mol. The topological polar surface area (TPSA) is 58.3 Å². The van der Waals surface area contributed by atoms with E-state index in [2.05, 4.69) is 58.0 Å². The molecule has 2 heterocycles. The van der Waals surface area contributed by atoms with Crippen molar-refractivity contribution in [1.29, 1.82) is 0 Å². The number of hydrogen-bond donors (Lipinski definition) is 1. The monoisotopic (exact) mass is 339 g/mol. The molecule has 0 saturated carbocycles. The molecule has 1 aliphatic rings. The normalized spacial score (nSPS) is 16.2. The molecule has 1 aromatic carbocycles. The number of nitrogens with zero attached hydrogens (tertiary/aromatic N) is 4. The fourth-order valence-electron chi connectivity index (χ4n) is 3.49. The first kappa shape index (κ1) is 17.7. The lowest BCUT2D eigenvalue weighted by molar-refractivity contribution is 0.203. The Kier molecular flexibility index (Phi) is 5.23. The van der Waals surface area contributed by atoms with Gasteiger partial charge in [0, 0.05) is 44.0 Å². The highest BCUT2D eigenvalue weighted by Crippen LogP contribution is 2.23. The van der Waals surface area contributed by atoms with E-state index in [0.717, 1.165) is 49.7 Å². The Morgan fingerprint density at radius 1 is 1.16 bits per heavy atom. The van der Waals surface area contributed by atoms with Gasteiger partial charge in [0.05, 0.1) is 0 Å². The van der Waals surface area contributed by atoms with Crippen LogP contribution in [0, 0.1) is 20.8 Å². The van der Waals surface area contributed by atoms with Crippen molar-refractivity contribution >= 4 is 11.8 Å². The Bertz CT molecular complexity index is 712. The van der Waals surface area contributed by atoms with Gasteiger partial charge in [-0.3, -0.25) is 4.90 Å². The van der Waals surface area contributed by atoms with Gasteiger partial charge in [0.25, 0.3) is 0 Å². The molecule has 1 fully saturated rings. The number of aryl methyl sites for hydroxylation is 2. The number of nitrogen functional groups attached to an aromatic ring is 1. The van der Waals surface area contributed by atoms with Gasteiger partial charge < -0.3 is 10.6 Å². The molecular weight excluding hydrogens is 310 g/mol. The van der Waals surface area contributed by atoms with Crippen LogP contribution in [0.15, 0.2) is 24.3 Å². The summed E-state index contributed by atoms with van der Waals surface area (Å²) in [6.45, 7) is 9.35. The molecule has 0 atom stereocenters. The van der Waals surface area contributed by atoms with Gasteiger partial charge in [-0.25, -0.2) is 4.98 Å². The van der Waals surface area contributed by atoms with Crippen LogP contribution in [0.4, 0.5) is 11.8 Å². The summed E-state index contributed by atoms with van der Waals surface area (Å²) in [5.41, 5.74) is 10.7. The van der Waals surface area contributed by atoms with Crippen LogP contribution in [0.1, 0.15) is 35.2 Å². The molecule has 0 unspecified atom stereocenters. The molecule has 5 heteroatoms. The summed E-state index contributed by atoms with van der Waals surface area (Å²) < 4.78 is 0. The van der Waals surface area contributed by atoms with E-state index in [1.807, 2.05) is 13.8 Å². The summed E-state index contributed by atoms with van der Waals surface area (Å²) in [7, 11) is 2.09. The van der Waals surface area contributed by atoms with Crippen LogP contribution in [0.5, 0.6) is 0 Å². The van der Waals surface area contributed by atoms with Gasteiger partial charge in [0.2, 0.25) is 5.95 Å². The fourth-order valence-corrected chi connectivity index (χ4v) is 3.49. The van der Waals surface area contributed by atoms with E-state index >= 15 is 0 Å². The van der Waals surface area contributed by atoms with E-state index in [1.165, 1.54) is 11.1 Å². The first-order valence-corrected chi connectivity index (χ1v) is 9.05. The van der Waals surface area contributed by atoms with Crippen molar-refractivity contribution in [3.05, 3.63) is 46.6 Å². The number of benzene rings is 1. The Hall–Kier alpha value is -2.14. The highest BCUT2D eigenvalue weighted by Gasteiger charge is 2.24. The molecule has 0 spiro atoms. The van der Waals surface area contributed by atoms with Crippen LogP contribution in [0.3, 0.4) is 0 Å². The fraction of sp³-hybridized carbons (Fsp3) is 0.500. The number of rotatable bonds is 4. The van der Waals surface area contributed by atoms with Crippen molar-refractivity contribution in [3.8, 4) is 0 Å². The lowest BCUT2D eigenvalue weighted by atomic mass is 10.0. The maximum Gasteiger partial charge on any atom is 0.227 e. The third-order valence-corrected chi connectivity index (χ3v) is 5.32. The molecule has 0 amide bonds.